The molecule has 1 heterocycles. The topological polar surface area (TPSA) is 0 Å². The number of hydrogen-bond donors (Lipinski definition) is 0. The smallest absolute Gasteiger partial charge is 0.0236 e. The van der Waals surface area contributed by atoms with Crippen molar-refractivity contribution in [2.75, 3.05) is 0 Å². The molecule has 0 radical (unpaired) electrons. The molecule has 0 saturated carbocycles. The molecule has 0 aromatic carbocycles. The monoisotopic (exact) mass is 168 g/mol. The molecule has 0 nitrogen and oxygen atoms in total. The summed E-state index contributed by atoms with van der Waals surface area (Å²) in [6.45, 7) is 7.08. The van der Waals surface area contributed by atoms with Crippen molar-refractivity contribution in [3.8, 4) is 0 Å². The summed E-state index contributed by atoms with van der Waals surface area (Å²) in [4.78, 5) is 0. The van der Waals surface area contributed by atoms with Gasteiger partial charge < -0.3 is 0 Å². The van der Waals surface area contributed by atoms with Crippen LogP contribution in [0.4, 0.5) is 0 Å². The number of allylic oxidation sites excluding steroid dienone is 1. The second-order valence-electron chi connectivity index (χ2n) is 4.75. The van der Waals surface area contributed by atoms with Crippen LogP contribution in [0.2, 0.25) is 0 Å². The second-order valence-corrected chi connectivity index (χ2v) is 6.13. The Bertz CT molecular complexity index is 188. The van der Waals surface area contributed by atoms with E-state index in [0.717, 1.165) is 16.4 Å². The molecule has 2 aliphatic rings. The molecule has 0 aromatic rings. The average molecular weight is 168 g/mol. The zero-order chi connectivity index (χ0) is 8.06. The molecule has 1 fully saturated rings. The maximum absolute atomic E-state index is 2.43. The fourth-order valence-electron chi connectivity index (χ4n) is 2.15. The van der Waals surface area contributed by atoms with Crippen molar-refractivity contribution >= 4 is 11.8 Å². The zero-order valence-electron chi connectivity index (χ0n) is 7.50. The number of fused-ring (bicyclic) bond motifs is 2. The van der Waals surface area contributed by atoms with Crippen molar-refractivity contribution < 1.29 is 0 Å². The van der Waals surface area contributed by atoms with Crippen LogP contribution in [-0.4, -0.2) is 10.5 Å². The fourth-order valence-corrected chi connectivity index (χ4v) is 3.86. The van der Waals surface area contributed by atoms with E-state index in [1.807, 2.05) is 0 Å². The summed E-state index contributed by atoms with van der Waals surface area (Å²) in [5.74, 6) is 0.880. The Hall–Kier alpha value is 0.0900. The van der Waals surface area contributed by atoms with Gasteiger partial charge in [-0.15, -0.1) is 11.8 Å². The van der Waals surface area contributed by atoms with Crippen molar-refractivity contribution in [1.29, 1.82) is 0 Å². The largest absolute Gasteiger partial charge is 0.150 e. The highest BCUT2D eigenvalue weighted by molar-refractivity contribution is 8.01. The summed E-state index contributed by atoms with van der Waals surface area (Å²) in [6.07, 6.45) is 6.22. The lowest BCUT2D eigenvalue weighted by atomic mass is 9.84. The molecule has 2 rings (SSSR count). The molecule has 2 bridgehead atoms. The van der Waals surface area contributed by atoms with Crippen molar-refractivity contribution in [2.45, 2.75) is 37.7 Å². The highest BCUT2D eigenvalue weighted by Crippen LogP contribution is 2.51. The molecule has 3 atom stereocenters. The summed E-state index contributed by atoms with van der Waals surface area (Å²) in [6, 6.07) is 0. The van der Waals surface area contributed by atoms with Crippen LogP contribution in [0.5, 0.6) is 0 Å². The highest BCUT2D eigenvalue weighted by atomic mass is 32.2. The molecule has 1 saturated heterocycles. The van der Waals surface area contributed by atoms with Gasteiger partial charge in [0.05, 0.1) is 0 Å². The van der Waals surface area contributed by atoms with Gasteiger partial charge in [-0.3, -0.25) is 0 Å². The third kappa shape index (κ3) is 1.24. The lowest BCUT2D eigenvalue weighted by Crippen LogP contribution is -2.26. The first-order valence-electron chi connectivity index (χ1n) is 4.41. The maximum atomic E-state index is 2.43. The van der Waals surface area contributed by atoms with Crippen LogP contribution in [0.25, 0.3) is 0 Å². The van der Waals surface area contributed by atoms with E-state index in [0.29, 0.717) is 5.41 Å². The Morgan fingerprint density at radius 3 is 2.27 bits per heavy atom. The Morgan fingerprint density at radius 2 is 2.00 bits per heavy atom. The quantitative estimate of drug-likeness (QED) is 0.501. The van der Waals surface area contributed by atoms with Gasteiger partial charge in [0, 0.05) is 10.5 Å². The van der Waals surface area contributed by atoms with E-state index in [9.17, 15) is 0 Å². The zero-order valence-corrected chi connectivity index (χ0v) is 8.32. The van der Waals surface area contributed by atoms with Gasteiger partial charge in [-0.1, -0.05) is 32.9 Å². The summed E-state index contributed by atoms with van der Waals surface area (Å²) >= 11 is 2.18. The van der Waals surface area contributed by atoms with Crippen molar-refractivity contribution in [2.24, 2.45) is 11.3 Å². The van der Waals surface area contributed by atoms with Gasteiger partial charge in [0.15, 0.2) is 0 Å². The molecule has 0 spiro atoms. The minimum atomic E-state index is 0.495. The van der Waals surface area contributed by atoms with E-state index in [1.165, 1.54) is 6.42 Å². The molecule has 0 aromatic heterocycles. The standard InChI is InChI=1S/C10H16S/c1-10(2,3)9-7-4-5-8(6-7)11-9/h4-5,7-9H,6H2,1-3H3/t7-,8+,9+/m1/s1. The van der Waals surface area contributed by atoms with Gasteiger partial charge in [0.2, 0.25) is 0 Å². The molecule has 0 unspecified atom stereocenters. The Balaban J connectivity index is 2.15. The van der Waals surface area contributed by atoms with Gasteiger partial charge in [-0.05, 0) is 17.8 Å². The van der Waals surface area contributed by atoms with Gasteiger partial charge in [0.1, 0.15) is 0 Å². The lowest BCUT2D eigenvalue weighted by molar-refractivity contribution is 0.350. The predicted molar refractivity (Wildman–Crippen MR) is 51.9 cm³/mol. The molecule has 0 N–H and O–H groups in total. The molecular formula is C10H16S. The Kier molecular flexibility index (Phi) is 1.61. The van der Waals surface area contributed by atoms with Gasteiger partial charge in [-0.25, -0.2) is 0 Å². The first kappa shape index (κ1) is 7.72. The van der Waals surface area contributed by atoms with E-state index in [-0.39, 0.29) is 0 Å². The lowest BCUT2D eigenvalue weighted by Gasteiger charge is -2.31. The number of hydrogen-bond acceptors (Lipinski definition) is 1. The van der Waals surface area contributed by atoms with Gasteiger partial charge in [0.25, 0.3) is 0 Å². The number of rotatable bonds is 0. The molecule has 11 heavy (non-hydrogen) atoms. The Morgan fingerprint density at radius 1 is 1.27 bits per heavy atom. The van der Waals surface area contributed by atoms with E-state index in [2.05, 4.69) is 44.7 Å². The molecule has 1 heteroatoms. The first-order chi connectivity index (χ1) is 5.07. The average Bonchev–Trinajstić information content (AvgIpc) is 2.42. The van der Waals surface area contributed by atoms with Crippen LogP contribution < -0.4 is 0 Å². The Labute approximate surface area is 73.4 Å². The first-order valence-corrected chi connectivity index (χ1v) is 5.35. The van der Waals surface area contributed by atoms with Crippen molar-refractivity contribution in [1.82, 2.24) is 0 Å². The van der Waals surface area contributed by atoms with Gasteiger partial charge in [-0.2, -0.15) is 0 Å². The fraction of sp³-hybridized carbons (Fsp3) is 0.800. The third-order valence-electron chi connectivity index (χ3n) is 2.64. The van der Waals surface area contributed by atoms with E-state index < -0.39 is 0 Å². The predicted octanol–water partition coefficient (Wildman–Crippen LogP) is 3.09. The normalized spacial score (nSPS) is 41.9. The third-order valence-corrected chi connectivity index (χ3v) is 4.69. The van der Waals surface area contributed by atoms with Crippen LogP contribution >= 0.6 is 11.8 Å². The molecule has 0 amide bonds. The van der Waals surface area contributed by atoms with E-state index in [1.54, 1.807) is 0 Å². The highest BCUT2D eigenvalue weighted by Gasteiger charge is 2.42. The summed E-state index contributed by atoms with van der Waals surface area (Å²) in [7, 11) is 0. The molecular weight excluding hydrogens is 152 g/mol. The summed E-state index contributed by atoms with van der Waals surface area (Å²) in [5.41, 5.74) is 0.495. The van der Waals surface area contributed by atoms with E-state index in [4.69, 9.17) is 0 Å². The maximum Gasteiger partial charge on any atom is 0.0236 e. The minimum Gasteiger partial charge on any atom is -0.150 e. The van der Waals surface area contributed by atoms with Crippen LogP contribution in [0.15, 0.2) is 12.2 Å². The molecule has 1 aliphatic heterocycles. The summed E-state index contributed by atoms with van der Waals surface area (Å²) < 4.78 is 0. The molecule has 62 valence electrons. The molecule has 1 aliphatic carbocycles. The minimum absolute atomic E-state index is 0.495. The van der Waals surface area contributed by atoms with Crippen LogP contribution in [0, 0.1) is 11.3 Å². The SMILES string of the molecule is CC(C)(C)[C@H]1S[C@H]2C=C[C@@H]1C2. The second kappa shape index (κ2) is 2.29. The van der Waals surface area contributed by atoms with E-state index >= 15 is 0 Å². The number of thioether (sulfide) groups is 1. The van der Waals surface area contributed by atoms with Crippen LogP contribution in [0.1, 0.15) is 27.2 Å². The van der Waals surface area contributed by atoms with Gasteiger partial charge >= 0.3 is 0 Å². The van der Waals surface area contributed by atoms with Crippen LogP contribution in [0.3, 0.4) is 0 Å². The van der Waals surface area contributed by atoms with Crippen molar-refractivity contribution in [3.05, 3.63) is 12.2 Å². The van der Waals surface area contributed by atoms with Crippen molar-refractivity contribution in [3.63, 3.8) is 0 Å². The summed E-state index contributed by atoms with van der Waals surface area (Å²) in [5, 5.41) is 1.72. The van der Waals surface area contributed by atoms with Crippen LogP contribution in [-0.2, 0) is 0 Å².